The number of hydrogen-bond donors (Lipinski definition) is 2. The lowest BCUT2D eigenvalue weighted by molar-refractivity contribution is 0.0952. The molecular formula is C20H26N4O2. The van der Waals surface area contributed by atoms with E-state index in [4.69, 9.17) is 0 Å². The van der Waals surface area contributed by atoms with Gasteiger partial charge in [-0.05, 0) is 76.3 Å². The van der Waals surface area contributed by atoms with Crippen LogP contribution in [0, 0.1) is 13.8 Å². The SMILES string of the molecule is Cc1cc(C)cc(NC(=O)c2cc(C(=O)NCCCN(C)C)ccn2)c1. The van der Waals surface area contributed by atoms with E-state index in [2.05, 4.69) is 20.5 Å². The summed E-state index contributed by atoms with van der Waals surface area (Å²) in [7, 11) is 3.98. The van der Waals surface area contributed by atoms with Crippen LogP contribution in [0.5, 0.6) is 0 Å². The molecule has 6 nitrogen and oxygen atoms in total. The minimum atomic E-state index is -0.336. The van der Waals surface area contributed by atoms with E-state index in [9.17, 15) is 9.59 Å². The smallest absolute Gasteiger partial charge is 0.274 e. The first kappa shape index (κ1) is 19.6. The summed E-state index contributed by atoms with van der Waals surface area (Å²) in [5, 5.41) is 5.69. The van der Waals surface area contributed by atoms with Gasteiger partial charge in [0.25, 0.3) is 11.8 Å². The minimum Gasteiger partial charge on any atom is -0.352 e. The number of hydrogen-bond acceptors (Lipinski definition) is 4. The second kappa shape index (κ2) is 9.10. The third-order valence-electron chi connectivity index (χ3n) is 3.80. The number of pyridine rings is 1. The summed E-state index contributed by atoms with van der Waals surface area (Å²) in [6.45, 7) is 5.44. The number of aryl methyl sites for hydroxylation is 2. The minimum absolute atomic E-state index is 0.202. The summed E-state index contributed by atoms with van der Waals surface area (Å²) >= 11 is 0. The molecule has 0 radical (unpaired) electrons. The molecule has 26 heavy (non-hydrogen) atoms. The van der Waals surface area contributed by atoms with Gasteiger partial charge in [-0.1, -0.05) is 6.07 Å². The Balaban J connectivity index is 2.01. The molecule has 2 aromatic rings. The standard InChI is InChI=1S/C20H26N4O2/c1-14-10-15(2)12-17(11-14)23-20(26)18-13-16(6-8-21-18)19(25)22-7-5-9-24(3)4/h6,8,10-13H,5,7,9H2,1-4H3,(H,22,25)(H,23,26). The second-order valence-corrected chi connectivity index (χ2v) is 6.67. The van der Waals surface area contributed by atoms with Crippen LogP contribution in [0.3, 0.4) is 0 Å². The third kappa shape index (κ3) is 5.97. The maximum atomic E-state index is 12.4. The van der Waals surface area contributed by atoms with Gasteiger partial charge < -0.3 is 15.5 Å². The molecule has 0 unspecified atom stereocenters. The van der Waals surface area contributed by atoms with Crippen LogP contribution in [-0.4, -0.2) is 48.9 Å². The first-order chi connectivity index (χ1) is 12.3. The molecule has 2 rings (SSSR count). The lowest BCUT2D eigenvalue weighted by atomic mass is 10.1. The molecule has 0 spiro atoms. The van der Waals surface area contributed by atoms with Crippen molar-refractivity contribution < 1.29 is 9.59 Å². The van der Waals surface area contributed by atoms with E-state index in [0.717, 1.165) is 24.1 Å². The normalized spacial score (nSPS) is 10.7. The highest BCUT2D eigenvalue weighted by Crippen LogP contribution is 2.15. The molecule has 2 amide bonds. The fourth-order valence-corrected chi connectivity index (χ4v) is 2.64. The molecule has 0 aliphatic carbocycles. The van der Waals surface area contributed by atoms with E-state index in [0.29, 0.717) is 17.8 Å². The van der Waals surface area contributed by atoms with Crippen molar-refractivity contribution in [1.29, 1.82) is 0 Å². The Morgan fingerprint density at radius 2 is 1.73 bits per heavy atom. The Morgan fingerprint density at radius 3 is 2.38 bits per heavy atom. The summed E-state index contributed by atoms with van der Waals surface area (Å²) in [5.74, 6) is -0.538. The molecule has 0 atom stereocenters. The average molecular weight is 354 g/mol. The molecule has 0 saturated heterocycles. The van der Waals surface area contributed by atoms with E-state index in [1.807, 2.05) is 46.1 Å². The highest BCUT2D eigenvalue weighted by atomic mass is 16.2. The molecule has 0 aliphatic heterocycles. The Kier molecular flexibility index (Phi) is 6.86. The van der Waals surface area contributed by atoms with Crippen molar-refractivity contribution >= 4 is 17.5 Å². The van der Waals surface area contributed by atoms with Crippen molar-refractivity contribution in [1.82, 2.24) is 15.2 Å². The summed E-state index contributed by atoms with van der Waals surface area (Å²) in [5.41, 5.74) is 3.49. The molecule has 1 aromatic heterocycles. The van der Waals surface area contributed by atoms with Crippen molar-refractivity contribution in [3.8, 4) is 0 Å². The Hall–Kier alpha value is -2.73. The first-order valence-corrected chi connectivity index (χ1v) is 8.64. The fourth-order valence-electron chi connectivity index (χ4n) is 2.64. The molecule has 0 bridgehead atoms. The number of rotatable bonds is 7. The molecular weight excluding hydrogens is 328 g/mol. The number of aromatic nitrogens is 1. The Morgan fingerprint density at radius 1 is 1.04 bits per heavy atom. The Labute approximate surface area is 154 Å². The van der Waals surface area contributed by atoms with Gasteiger partial charge in [-0.3, -0.25) is 14.6 Å². The number of anilines is 1. The summed E-state index contributed by atoms with van der Waals surface area (Å²) in [6, 6.07) is 8.95. The van der Waals surface area contributed by atoms with Crippen molar-refractivity contribution in [2.75, 3.05) is 32.5 Å². The average Bonchev–Trinajstić information content (AvgIpc) is 2.57. The molecule has 138 valence electrons. The van der Waals surface area contributed by atoms with Gasteiger partial charge in [-0.25, -0.2) is 0 Å². The van der Waals surface area contributed by atoms with E-state index in [1.165, 1.54) is 12.3 Å². The summed E-state index contributed by atoms with van der Waals surface area (Å²) < 4.78 is 0. The van der Waals surface area contributed by atoms with Crippen LogP contribution in [0.2, 0.25) is 0 Å². The topological polar surface area (TPSA) is 74.3 Å². The molecule has 0 aliphatic rings. The van der Waals surface area contributed by atoms with Crippen molar-refractivity contribution in [2.24, 2.45) is 0 Å². The molecule has 6 heteroatoms. The van der Waals surface area contributed by atoms with Gasteiger partial charge >= 0.3 is 0 Å². The Bertz CT molecular complexity index is 767. The lowest BCUT2D eigenvalue weighted by Gasteiger charge is -2.10. The zero-order valence-corrected chi connectivity index (χ0v) is 15.8. The highest BCUT2D eigenvalue weighted by molar-refractivity contribution is 6.04. The molecule has 2 N–H and O–H groups in total. The zero-order valence-electron chi connectivity index (χ0n) is 15.8. The molecule has 0 saturated carbocycles. The van der Waals surface area contributed by atoms with Crippen molar-refractivity contribution in [3.63, 3.8) is 0 Å². The number of benzene rings is 1. The van der Waals surface area contributed by atoms with Crippen LogP contribution in [0.15, 0.2) is 36.5 Å². The fraction of sp³-hybridized carbons (Fsp3) is 0.350. The van der Waals surface area contributed by atoms with Crippen LogP contribution < -0.4 is 10.6 Å². The summed E-state index contributed by atoms with van der Waals surface area (Å²) in [6.07, 6.45) is 2.34. The van der Waals surface area contributed by atoms with Gasteiger partial charge in [-0.2, -0.15) is 0 Å². The van der Waals surface area contributed by atoms with E-state index >= 15 is 0 Å². The van der Waals surface area contributed by atoms with E-state index in [-0.39, 0.29) is 17.5 Å². The number of nitrogens with zero attached hydrogens (tertiary/aromatic N) is 2. The molecule has 0 fully saturated rings. The van der Waals surface area contributed by atoms with Crippen LogP contribution in [0.1, 0.15) is 38.4 Å². The van der Waals surface area contributed by atoms with Crippen LogP contribution in [-0.2, 0) is 0 Å². The van der Waals surface area contributed by atoms with Crippen LogP contribution in [0.4, 0.5) is 5.69 Å². The molecule has 1 heterocycles. The summed E-state index contributed by atoms with van der Waals surface area (Å²) in [4.78, 5) is 30.8. The van der Waals surface area contributed by atoms with Crippen molar-refractivity contribution in [3.05, 3.63) is 58.9 Å². The number of amides is 2. The number of carbonyl (C=O) groups is 2. The predicted molar refractivity (Wildman–Crippen MR) is 104 cm³/mol. The van der Waals surface area contributed by atoms with Crippen molar-refractivity contribution in [2.45, 2.75) is 20.3 Å². The molecule has 1 aromatic carbocycles. The van der Waals surface area contributed by atoms with Gasteiger partial charge in [0.05, 0.1) is 0 Å². The van der Waals surface area contributed by atoms with Gasteiger partial charge in [0.15, 0.2) is 0 Å². The predicted octanol–water partition coefficient (Wildman–Crippen LogP) is 2.63. The third-order valence-corrected chi connectivity index (χ3v) is 3.80. The van der Waals surface area contributed by atoms with Crippen LogP contribution in [0.25, 0.3) is 0 Å². The van der Waals surface area contributed by atoms with Gasteiger partial charge in [0, 0.05) is 24.0 Å². The van der Waals surface area contributed by atoms with Crippen LogP contribution >= 0.6 is 0 Å². The maximum absolute atomic E-state index is 12.4. The van der Waals surface area contributed by atoms with Gasteiger partial charge in [0.1, 0.15) is 5.69 Å². The first-order valence-electron chi connectivity index (χ1n) is 8.64. The van der Waals surface area contributed by atoms with Gasteiger partial charge in [0.2, 0.25) is 0 Å². The zero-order chi connectivity index (χ0) is 19.1. The second-order valence-electron chi connectivity index (χ2n) is 6.67. The highest BCUT2D eigenvalue weighted by Gasteiger charge is 2.12. The number of nitrogens with one attached hydrogen (secondary N) is 2. The largest absolute Gasteiger partial charge is 0.352 e. The van der Waals surface area contributed by atoms with E-state index < -0.39 is 0 Å². The van der Waals surface area contributed by atoms with Gasteiger partial charge in [-0.15, -0.1) is 0 Å². The maximum Gasteiger partial charge on any atom is 0.274 e. The lowest BCUT2D eigenvalue weighted by Crippen LogP contribution is -2.27. The quantitative estimate of drug-likeness (QED) is 0.750. The number of carbonyl (C=O) groups excluding carboxylic acids is 2. The monoisotopic (exact) mass is 354 g/mol. The van der Waals surface area contributed by atoms with E-state index in [1.54, 1.807) is 6.07 Å².